The topological polar surface area (TPSA) is 75.1 Å². The molecule has 1 aliphatic carbocycles. The Kier molecular flexibility index (Phi) is 4.06. The molecule has 0 spiro atoms. The summed E-state index contributed by atoms with van der Waals surface area (Å²) in [4.78, 5) is 12.5. The van der Waals surface area contributed by atoms with E-state index in [0.717, 1.165) is 42.9 Å². The lowest BCUT2D eigenvalue weighted by atomic mass is 10.1. The predicted octanol–water partition coefficient (Wildman–Crippen LogP) is 0.991. The molecule has 2 rings (SSSR count). The molecule has 1 aromatic heterocycles. The fraction of sp³-hybridized carbons (Fsp3) is 0.727. The molecule has 1 aromatic rings. The predicted molar refractivity (Wildman–Crippen MR) is 65.0 cm³/mol. The zero-order valence-corrected chi connectivity index (χ0v) is 10.7. The van der Waals surface area contributed by atoms with Crippen LogP contribution in [0.4, 0.5) is 0 Å². The molecule has 0 aromatic carbocycles. The standard InChI is InChI=1S/C11H17N3O2S/c1-2-9-10(17-14-13-9)11(16)12-6-7-3-4-8(15)5-7/h7-8,15H,2-6H2,1H3,(H,12,16). The third kappa shape index (κ3) is 3.01. The third-order valence-electron chi connectivity index (χ3n) is 3.16. The number of nitrogens with zero attached hydrogens (tertiary/aromatic N) is 2. The monoisotopic (exact) mass is 255 g/mol. The number of aromatic nitrogens is 2. The average molecular weight is 255 g/mol. The van der Waals surface area contributed by atoms with E-state index < -0.39 is 0 Å². The zero-order valence-electron chi connectivity index (χ0n) is 9.85. The number of hydrogen-bond acceptors (Lipinski definition) is 5. The maximum Gasteiger partial charge on any atom is 0.264 e. The van der Waals surface area contributed by atoms with E-state index in [-0.39, 0.29) is 12.0 Å². The van der Waals surface area contributed by atoms with Gasteiger partial charge in [-0.15, -0.1) is 5.10 Å². The van der Waals surface area contributed by atoms with Gasteiger partial charge >= 0.3 is 0 Å². The molecule has 0 aliphatic heterocycles. The van der Waals surface area contributed by atoms with Gasteiger partial charge in [0.25, 0.3) is 5.91 Å². The fourth-order valence-corrected chi connectivity index (χ4v) is 2.83. The first kappa shape index (κ1) is 12.4. The molecule has 1 heterocycles. The van der Waals surface area contributed by atoms with Gasteiger partial charge in [0.15, 0.2) is 0 Å². The summed E-state index contributed by atoms with van der Waals surface area (Å²) in [6.45, 7) is 2.60. The molecule has 0 bridgehead atoms. The van der Waals surface area contributed by atoms with Crippen molar-refractivity contribution in [1.29, 1.82) is 0 Å². The molecule has 2 atom stereocenters. The van der Waals surface area contributed by atoms with Crippen molar-refractivity contribution >= 4 is 17.4 Å². The fourth-order valence-electron chi connectivity index (χ4n) is 2.16. The third-order valence-corrected chi connectivity index (χ3v) is 3.93. The molecule has 2 N–H and O–H groups in total. The van der Waals surface area contributed by atoms with Crippen LogP contribution in [-0.2, 0) is 6.42 Å². The van der Waals surface area contributed by atoms with Crippen LogP contribution in [0.3, 0.4) is 0 Å². The first-order valence-electron chi connectivity index (χ1n) is 5.98. The number of amides is 1. The Morgan fingerprint density at radius 1 is 1.59 bits per heavy atom. The summed E-state index contributed by atoms with van der Waals surface area (Å²) < 4.78 is 3.80. The minimum absolute atomic E-state index is 0.0850. The Morgan fingerprint density at radius 3 is 3.06 bits per heavy atom. The normalized spacial score (nSPS) is 23.9. The van der Waals surface area contributed by atoms with Crippen molar-refractivity contribution in [2.75, 3.05) is 6.54 Å². The zero-order chi connectivity index (χ0) is 12.3. The van der Waals surface area contributed by atoms with Crippen molar-refractivity contribution in [3.63, 3.8) is 0 Å². The van der Waals surface area contributed by atoms with Crippen molar-refractivity contribution in [2.45, 2.75) is 38.7 Å². The second-order valence-electron chi connectivity index (χ2n) is 4.45. The molecule has 1 aliphatic rings. The van der Waals surface area contributed by atoms with Gasteiger partial charge in [0.05, 0.1) is 11.8 Å². The van der Waals surface area contributed by atoms with E-state index in [0.29, 0.717) is 17.3 Å². The van der Waals surface area contributed by atoms with Crippen LogP contribution in [0.15, 0.2) is 0 Å². The van der Waals surface area contributed by atoms with Crippen LogP contribution in [0.2, 0.25) is 0 Å². The second kappa shape index (κ2) is 5.55. The summed E-state index contributed by atoms with van der Waals surface area (Å²) in [5.41, 5.74) is 0.763. The Labute approximate surface area is 104 Å². The van der Waals surface area contributed by atoms with Crippen molar-refractivity contribution in [3.05, 3.63) is 10.6 Å². The van der Waals surface area contributed by atoms with Gasteiger partial charge in [0.1, 0.15) is 4.88 Å². The van der Waals surface area contributed by atoms with Gasteiger partial charge in [-0.3, -0.25) is 4.79 Å². The van der Waals surface area contributed by atoms with E-state index in [2.05, 4.69) is 14.9 Å². The molecule has 94 valence electrons. The number of nitrogens with one attached hydrogen (secondary N) is 1. The van der Waals surface area contributed by atoms with E-state index in [1.165, 1.54) is 0 Å². The van der Waals surface area contributed by atoms with Crippen LogP contribution in [0, 0.1) is 5.92 Å². The maximum absolute atomic E-state index is 11.9. The number of carbonyl (C=O) groups is 1. The molecule has 6 heteroatoms. The van der Waals surface area contributed by atoms with E-state index in [1.54, 1.807) is 0 Å². The largest absolute Gasteiger partial charge is 0.393 e. The number of hydrogen-bond donors (Lipinski definition) is 2. The van der Waals surface area contributed by atoms with E-state index in [4.69, 9.17) is 0 Å². The number of aliphatic hydroxyl groups is 1. The van der Waals surface area contributed by atoms with Crippen LogP contribution in [0.5, 0.6) is 0 Å². The van der Waals surface area contributed by atoms with Crippen molar-refractivity contribution in [2.24, 2.45) is 5.92 Å². The second-order valence-corrected chi connectivity index (χ2v) is 5.20. The molecule has 1 amide bonds. The quantitative estimate of drug-likeness (QED) is 0.841. The smallest absolute Gasteiger partial charge is 0.264 e. The van der Waals surface area contributed by atoms with Gasteiger partial charge < -0.3 is 10.4 Å². The van der Waals surface area contributed by atoms with Crippen LogP contribution >= 0.6 is 11.5 Å². The van der Waals surface area contributed by atoms with Gasteiger partial charge in [-0.25, -0.2) is 0 Å². The average Bonchev–Trinajstić information content (AvgIpc) is 2.94. The van der Waals surface area contributed by atoms with Gasteiger partial charge in [-0.1, -0.05) is 11.4 Å². The molecule has 2 unspecified atom stereocenters. The first-order chi connectivity index (χ1) is 8.20. The number of aryl methyl sites for hydroxylation is 1. The molecule has 5 nitrogen and oxygen atoms in total. The minimum Gasteiger partial charge on any atom is -0.393 e. The first-order valence-corrected chi connectivity index (χ1v) is 6.75. The molecular weight excluding hydrogens is 238 g/mol. The Bertz CT molecular complexity index is 394. The lowest BCUT2D eigenvalue weighted by Crippen LogP contribution is -2.28. The SMILES string of the molecule is CCc1nnsc1C(=O)NCC1CCC(O)C1. The summed E-state index contributed by atoms with van der Waals surface area (Å²) >= 11 is 1.14. The van der Waals surface area contributed by atoms with Gasteiger partial charge in [-0.05, 0) is 43.1 Å². The summed E-state index contributed by atoms with van der Waals surface area (Å²) in [7, 11) is 0. The highest BCUT2D eigenvalue weighted by Crippen LogP contribution is 2.24. The summed E-state index contributed by atoms with van der Waals surface area (Å²) in [6, 6.07) is 0. The minimum atomic E-state index is -0.187. The van der Waals surface area contributed by atoms with Crippen LogP contribution in [-0.4, -0.2) is 33.2 Å². The highest BCUT2D eigenvalue weighted by atomic mass is 32.1. The maximum atomic E-state index is 11.9. The van der Waals surface area contributed by atoms with Crippen molar-refractivity contribution < 1.29 is 9.90 Å². The number of rotatable bonds is 4. The van der Waals surface area contributed by atoms with Gasteiger partial charge in [0, 0.05) is 6.54 Å². The lowest BCUT2D eigenvalue weighted by molar-refractivity contribution is 0.0948. The summed E-state index contributed by atoms with van der Waals surface area (Å²) in [5, 5.41) is 16.2. The number of carbonyl (C=O) groups excluding carboxylic acids is 1. The van der Waals surface area contributed by atoms with Gasteiger partial charge in [-0.2, -0.15) is 0 Å². The van der Waals surface area contributed by atoms with Gasteiger partial charge in [0.2, 0.25) is 0 Å². The Morgan fingerprint density at radius 2 is 2.41 bits per heavy atom. The molecule has 0 radical (unpaired) electrons. The Hall–Kier alpha value is -1.01. The molecule has 0 saturated heterocycles. The van der Waals surface area contributed by atoms with E-state index in [1.807, 2.05) is 6.92 Å². The molecule has 1 saturated carbocycles. The highest BCUT2D eigenvalue weighted by molar-refractivity contribution is 7.08. The summed E-state index contributed by atoms with van der Waals surface area (Å²) in [5.74, 6) is 0.318. The molecule has 1 fully saturated rings. The Balaban J connectivity index is 1.85. The van der Waals surface area contributed by atoms with E-state index in [9.17, 15) is 9.90 Å². The summed E-state index contributed by atoms with van der Waals surface area (Å²) in [6.07, 6.45) is 3.17. The molecular formula is C11H17N3O2S. The molecule has 17 heavy (non-hydrogen) atoms. The highest BCUT2D eigenvalue weighted by Gasteiger charge is 2.24. The number of aliphatic hydroxyl groups excluding tert-OH is 1. The van der Waals surface area contributed by atoms with Crippen LogP contribution < -0.4 is 5.32 Å². The van der Waals surface area contributed by atoms with E-state index >= 15 is 0 Å². The lowest BCUT2D eigenvalue weighted by Gasteiger charge is -2.10. The van der Waals surface area contributed by atoms with Crippen molar-refractivity contribution in [3.8, 4) is 0 Å². The van der Waals surface area contributed by atoms with Crippen molar-refractivity contribution in [1.82, 2.24) is 14.9 Å². The van der Waals surface area contributed by atoms with Crippen LogP contribution in [0.1, 0.15) is 41.6 Å². The van der Waals surface area contributed by atoms with Crippen LogP contribution in [0.25, 0.3) is 0 Å².